The third-order valence-electron chi connectivity index (χ3n) is 4.47. The van der Waals surface area contributed by atoms with E-state index < -0.39 is 0 Å². The minimum Gasteiger partial charge on any atom is -0.340 e. The molecule has 3 rings (SSSR count). The predicted octanol–water partition coefficient (Wildman–Crippen LogP) is 3.78. The minimum absolute atomic E-state index is 0. The maximum absolute atomic E-state index is 12.6. The molecule has 1 aliphatic rings. The lowest BCUT2D eigenvalue weighted by Gasteiger charge is -2.16. The van der Waals surface area contributed by atoms with Crippen LogP contribution in [-0.4, -0.2) is 34.9 Å². The molecule has 1 amide bonds. The lowest BCUT2D eigenvalue weighted by atomic mass is 9.95. The molecule has 2 atom stereocenters. The van der Waals surface area contributed by atoms with Crippen molar-refractivity contribution in [3.63, 3.8) is 0 Å². The molecule has 1 fully saturated rings. The number of nitrogens with zero attached hydrogens (tertiary/aromatic N) is 2. The second-order valence-corrected chi connectivity index (χ2v) is 8.41. The highest BCUT2D eigenvalue weighted by molar-refractivity contribution is 7.09. The minimum atomic E-state index is -0.00285. The molecule has 0 unspecified atom stereocenters. The molecule has 2 N–H and O–H groups in total. The summed E-state index contributed by atoms with van der Waals surface area (Å²) in [6.45, 7) is 7.74. The van der Waals surface area contributed by atoms with Gasteiger partial charge in [0, 0.05) is 35.8 Å². The first-order chi connectivity index (χ1) is 11.3. The summed E-state index contributed by atoms with van der Waals surface area (Å²) < 4.78 is 0. The quantitative estimate of drug-likeness (QED) is 0.829. The number of thiazole rings is 1. The number of carbonyl (C=O) groups is 1. The largest absolute Gasteiger partial charge is 0.340 e. The monoisotopic (exact) mass is 415 g/mol. The zero-order valence-electron chi connectivity index (χ0n) is 15.3. The van der Waals surface area contributed by atoms with E-state index in [1.807, 2.05) is 28.5 Å². The fraction of sp³-hybridized carbons (Fsp3) is 0.474. The molecule has 1 saturated heterocycles. The van der Waals surface area contributed by atoms with Crippen molar-refractivity contribution in [2.24, 2.45) is 5.73 Å². The third-order valence-corrected chi connectivity index (χ3v) is 5.79. The van der Waals surface area contributed by atoms with Gasteiger partial charge in [-0.1, -0.05) is 51.1 Å². The van der Waals surface area contributed by atoms with E-state index in [0.29, 0.717) is 19.5 Å². The van der Waals surface area contributed by atoms with Gasteiger partial charge < -0.3 is 10.6 Å². The number of nitrogens with two attached hydrogens (primary N) is 1. The van der Waals surface area contributed by atoms with Crippen LogP contribution in [-0.2, 0) is 16.6 Å². The van der Waals surface area contributed by atoms with Crippen molar-refractivity contribution in [2.75, 3.05) is 13.1 Å². The van der Waals surface area contributed by atoms with Gasteiger partial charge in [-0.25, -0.2) is 4.98 Å². The number of amides is 1. The van der Waals surface area contributed by atoms with Crippen molar-refractivity contribution in [2.45, 2.75) is 44.6 Å². The Balaban J connectivity index is 0.00000169. The van der Waals surface area contributed by atoms with Crippen molar-refractivity contribution in [3.8, 4) is 0 Å². The van der Waals surface area contributed by atoms with Crippen LogP contribution in [0.2, 0.25) is 0 Å². The molecule has 7 heteroatoms. The summed E-state index contributed by atoms with van der Waals surface area (Å²) in [6, 6.07) is 10.2. The molecule has 4 nitrogen and oxygen atoms in total. The number of hydrogen-bond donors (Lipinski definition) is 1. The van der Waals surface area contributed by atoms with E-state index >= 15 is 0 Å². The molecular weight excluding hydrogens is 389 g/mol. The number of hydrogen-bond acceptors (Lipinski definition) is 4. The summed E-state index contributed by atoms with van der Waals surface area (Å²) in [7, 11) is 0. The average Bonchev–Trinajstić information content (AvgIpc) is 3.14. The van der Waals surface area contributed by atoms with Crippen LogP contribution < -0.4 is 5.73 Å². The van der Waals surface area contributed by atoms with Gasteiger partial charge in [-0.05, 0) is 5.56 Å². The maximum Gasteiger partial charge on any atom is 0.228 e. The highest BCUT2D eigenvalue weighted by Gasteiger charge is 2.34. The third kappa shape index (κ3) is 5.19. The number of rotatable bonds is 3. The number of halogens is 2. The zero-order valence-corrected chi connectivity index (χ0v) is 17.8. The fourth-order valence-electron chi connectivity index (χ4n) is 3.08. The number of aromatic nitrogens is 1. The summed E-state index contributed by atoms with van der Waals surface area (Å²) in [6.07, 6.45) is 0.362. The lowest BCUT2D eigenvalue weighted by Crippen LogP contribution is -2.33. The van der Waals surface area contributed by atoms with E-state index in [1.165, 1.54) is 5.56 Å². The molecule has 0 bridgehead atoms. The Morgan fingerprint density at radius 2 is 1.88 bits per heavy atom. The van der Waals surface area contributed by atoms with Gasteiger partial charge in [-0.3, -0.25) is 4.79 Å². The summed E-state index contributed by atoms with van der Waals surface area (Å²) in [5, 5.41) is 3.08. The molecule has 0 saturated carbocycles. The fourth-order valence-corrected chi connectivity index (χ4v) is 3.99. The lowest BCUT2D eigenvalue weighted by molar-refractivity contribution is -0.129. The van der Waals surface area contributed by atoms with Crippen LogP contribution in [0.3, 0.4) is 0 Å². The van der Waals surface area contributed by atoms with Gasteiger partial charge in [0.1, 0.15) is 0 Å². The van der Waals surface area contributed by atoms with Crippen LogP contribution >= 0.6 is 36.2 Å². The summed E-state index contributed by atoms with van der Waals surface area (Å²) >= 11 is 1.63. The zero-order chi connectivity index (χ0) is 17.3. The number of benzene rings is 1. The topological polar surface area (TPSA) is 59.2 Å². The van der Waals surface area contributed by atoms with E-state index in [-0.39, 0.29) is 48.1 Å². The summed E-state index contributed by atoms with van der Waals surface area (Å²) in [5.74, 6) is 0.338. The van der Waals surface area contributed by atoms with Crippen molar-refractivity contribution >= 4 is 42.1 Å². The van der Waals surface area contributed by atoms with Crippen LogP contribution in [0, 0.1) is 0 Å². The van der Waals surface area contributed by atoms with Gasteiger partial charge in [0.25, 0.3) is 0 Å². The van der Waals surface area contributed by atoms with Gasteiger partial charge >= 0.3 is 0 Å². The second kappa shape index (κ2) is 9.18. The molecule has 1 aromatic carbocycles. The Morgan fingerprint density at radius 3 is 2.46 bits per heavy atom. The molecule has 0 aliphatic carbocycles. The van der Waals surface area contributed by atoms with Gasteiger partial charge in [0.05, 0.1) is 17.1 Å². The standard InChI is InChI=1S/C19H25N3OS.2ClH/c1-19(2,3)18-21-14(12-24-18)9-17(23)22-10-15(16(20)11-22)13-7-5-4-6-8-13;;/h4-8,12,15-16H,9-11,20H2,1-3H3;2*1H/t15-,16+;;/m0../s1. The van der Waals surface area contributed by atoms with E-state index in [2.05, 4.69) is 37.9 Å². The first-order valence-electron chi connectivity index (χ1n) is 8.38. The van der Waals surface area contributed by atoms with Crippen molar-refractivity contribution in [1.82, 2.24) is 9.88 Å². The number of carbonyl (C=O) groups excluding carboxylic acids is 1. The SMILES string of the molecule is CC(C)(C)c1nc(CC(=O)N2C[C@@H](N)[C@H](c3ccccc3)C2)cs1.Cl.Cl. The first kappa shape index (κ1) is 22.9. The van der Waals surface area contributed by atoms with Gasteiger partial charge in [-0.2, -0.15) is 0 Å². The van der Waals surface area contributed by atoms with E-state index in [9.17, 15) is 4.79 Å². The van der Waals surface area contributed by atoms with Crippen LogP contribution in [0.15, 0.2) is 35.7 Å². The Kier molecular flexibility index (Phi) is 8.08. The van der Waals surface area contributed by atoms with E-state index in [4.69, 9.17) is 5.73 Å². The van der Waals surface area contributed by atoms with Crippen molar-refractivity contribution < 1.29 is 4.79 Å². The summed E-state index contributed by atoms with van der Waals surface area (Å²) in [4.78, 5) is 19.1. The smallest absolute Gasteiger partial charge is 0.228 e. The molecular formula is C19H27Cl2N3OS. The average molecular weight is 416 g/mol. The van der Waals surface area contributed by atoms with Crippen LogP contribution in [0.1, 0.15) is 43.0 Å². The molecule has 1 aromatic heterocycles. The molecule has 26 heavy (non-hydrogen) atoms. The Morgan fingerprint density at radius 1 is 1.23 bits per heavy atom. The molecule has 1 aliphatic heterocycles. The molecule has 2 aromatic rings. The Labute approximate surface area is 172 Å². The summed E-state index contributed by atoms with van der Waals surface area (Å²) in [5.41, 5.74) is 8.39. The molecule has 144 valence electrons. The normalized spacial score (nSPS) is 19.6. The van der Waals surface area contributed by atoms with Crippen LogP contribution in [0.4, 0.5) is 0 Å². The van der Waals surface area contributed by atoms with Crippen LogP contribution in [0.25, 0.3) is 0 Å². The van der Waals surface area contributed by atoms with Gasteiger partial charge in [0.2, 0.25) is 5.91 Å². The predicted molar refractivity (Wildman–Crippen MR) is 113 cm³/mol. The highest BCUT2D eigenvalue weighted by Crippen LogP contribution is 2.28. The second-order valence-electron chi connectivity index (χ2n) is 7.55. The van der Waals surface area contributed by atoms with E-state index in [1.54, 1.807) is 11.3 Å². The molecule has 0 radical (unpaired) electrons. The maximum atomic E-state index is 12.6. The van der Waals surface area contributed by atoms with Crippen molar-refractivity contribution in [1.29, 1.82) is 0 Å². The van der Waals surface area contributed by atoms with E-state index in [0.717, 1.165) is 10.7 Å². The van der Waals surface area contributed by atoms with Gasteiger partial charge in [0.15, 0.2) is 0 Å². The highest BCUT2D eigenvalue weighted by atomic mass is 35.5. The number of likely N-dealkylation sites (tertiary alicyclic amines) is 1. The van der Waals surface area contributed by atoms with Crippen molar-refractivity contribution in [3.05, 3.63) is 52.0 Å². The van der Waals surface area contributed by atoms with Crippen LogP contribution in [0.5, 0.6) is 0 Å². The molecule has 0 spiro atoms. The Hall–Kier alpha value is -1.14. The Bertz CT molecular complexity index is 715. The van der Waals surface area contributed by atoms with Gasteiger partial charge in [-0.15, -0.1) is 36.2 Å². The first-order valence-corrected chi connectivity index (χ1v) is 9.26. The molecule has 2 heterocycles.